The second-order valence-corrected chi connectivity index (χ2v) is 6.56. The van der Waals surface area contributed by atoms with Crippen molar-refractivity contribution in [3.63, 3.8) is 0 Å². The van der Waals surface area contributed by atoms with E-state index in [0.29, 0.717) is 0 Å². The molecule has 4 rings (SSSR count). The van der Waals surface area contributed by atoms with Crippen molar-refractivity contribution < 1.29 is 14.1 Å². The molecule has 0 bridgehead atoms. The molecule has 1 amide bonds. The zero-order valence-electron chi connectivity index (χ0n) is 15.9. The number of carbonyl (C=O) groups is 1. The average Bonchev–Trinajstić information content (AvgIpc) is 3.19. The maximum Gasteiger partial charge on any atom is 0.294 e. The Morgan fingerprint density at radius 1 is 1.16 bits per heavy atom. The molecule has 10 nitrogen and oxygen atoms in total. The molecule has 0 saturated heterocycles. The third kappa shape index (κ3) is 3.88. The first-order valence-electron chi connectivity index (χ1n) is 9.17. The number of carbonyl (C=O) groups excluding carboxylic acids is 1. The van der Waals surface area contributed by atoms with E-state index in [4.69, 9.17) is 0 Å². The highest BCUT2D eigenvalue weighted by Crippen LogP contribution is 2.23. The van der Waals surface area contributed by atoms with Crippen molar-refractivity contribution in [3.8, 4) is 5.69 Å². The molecule has 2 heterocycles. The molecule has 0 saturated carbocycles. The van der Waals surface area contributed by atoms with E-state index in [2.05, 4.69) is 15.4 Å². The molecule has 1 N–H and O–H groups in total. The summed E-state index contributed by atoms with van der Waals surface area (Å²) in [6, 6.07) is 11.7. The topological polar surface area (TPSA) is 125 Å². The van der Waals surface area contributed by atoms with Gasteiger partial charge in [0.25, 0.3) is 11.2 Å². The van der Waals surface area contributed by atoms with Gasteiger partial charge in [-0.05, 0) is 18.2 Å². The Morgan fingerprint density at radius 2 is 1.90 bits per heavy atom. The number of benzene rings is 2. The maximum atomic E-state index is 13.6. The Bertz CT molecular complexity index is 1360. The van der Waals surface area contributed by atoms with Crippen LogP contribution in [0.25, 0.3) is 16.7 Å². The van der Waals surface area contributed by atoms with Crippen molar-refractivity contribution in [2.75, 3.05) is 5.32 Å². The minimum Gasteiger partial charge on any atom is -0.324 e. The number of aryl methyl sites for hydroxylation is 1. The normalized spacial score (nSPS) is 10.9. The van der Waals surface area contributed by atoms with Gasteiger partial charge in [0.2, 0.25) is 5.91 Å². The lowest BCUT2D eigenvalue weighted by molar-refractivity contribution is -0.384. The summed E-state index contributed by atoms with van der Waals surface area (Å²) in [4.78, 5) is 39.8. The monoisotopic (exact) mass is 422 g/mol. The van der Waals surface area contributed by atoms with Gasteiger partial charge in [-0.2, -0.15) is 5.10 Å². The van der Waals surface area contributed by atoms with Gasteiger partial charge in [-0.25, -0.2) is 14.1 Å². The largest absolute Gasteiger partial charge is 0.324 e. The Morgan fingerprint density at radius 3 is 2.68 bits per heavy atom. The molecular weight excluding hydrogens is 407 g/mol. The zero-order valence-corrected chi connectivity index (χ0v) is 15.9. The number of aromatic nitrogens is 4. The smallest absolute Gasteiger partial charge is 0.294 e. The van der Waals surface area contributed by atoms with Gasteiger partial charge < -0.3 is 5.32 Å². The molecule has 0 atom stereocenters. The first-order valence-corrected chi connectivity index (χ1v) is 9.17. The number of nitro groups is 1. The number of fused-ring (bicyclic) bond motifs is 1. The average molecular weight is 422 g/mol. The molecule has 0 aliphatic heterocycles. The van der Waals surface area contributed by atoms with Crippen LogP contribution in [-0.2, 0) is 11.3 Å². The van der Waals surface area contributed by atoms with Gasteiger partial charge >= 0.3 is 0 Å². The van der Waals surface area contributed by atoms with Crippen LogP contribution in [0.2, 0.25) is 0 Å². The van der Waals surface area contributed by atoms with Gasteiger partial charge in [0.15, 0.2) is 5.65 Å². The predicted octanol–water partition coefficient (Wildman–Crippen LogP) is 2.66. The van der Waals surface area contributed by atoms with Gasteiger partial charge in [0.1, 0.15) is 16.9 Å². The fourth-order valence-corrected chi connectivity index (χ4v) is 3.08. The number of nitrogens with one attached hydrogen (secondary N) is 1. The van der Waals surface area contributed by atoms with Crippen LogP contribution in [0.5, 0.6) is 0 Å². The first kappa shape index (κ1) is 19.9. The standard InChI is InChI=1S/C20H15FN6O4/c21-14-5-1-2-6-15(14)24-18(28)9-10-25-12-22-19-13(20(25)29)11-23-26(19)16-7-3-4-8-17(16)27(30)31/h1-8,11-12H,9-10H2,(H,24,28). The maximum absolute atomic E-state index is 13.6. The summed E-state index contributed by atoms with van der Waals surface area (Å²) in [6.07, 6.45) is 2.44. The third-order valence-corrected chi connectivity index (χ3v) is 4.59. The van der Waals surface area contributed by atoms with Crippen LogP contribution in [0.15, 0.2) is 65.8 Å². The minimum atomic E-state index is -0.557. The Labute approximate surface area is 173 Å². The number of nitrogens with zero attached hydrogens (tertiary/aromatic N) is 5. The van der Waals surface area contributed by atoms with Crippen LogP contribution in [0, 0.1) is 15.9 Å². The summed E-state index contributed by atoms with van der Waals surface area (Å²) in [5.74, 6) is -1.02. The summed E-state index contributed by atoms with van der Waals surface area (Å²) < 4.78 is 16.1. The van der Waals surface area contributed by atoms with E-state index in [1.54, 1.807) is 12.1 Å². The number of amides is 1. The summed E-state index contributed by atoms with van der Waals surface area (Å²) in [5.41, 5.74) is -0.237. The lowest BCUT2D eigenvalue weighted by atomic mass is 10.2. The van der Waals surface area contributed by atoms with Crippen molar-refractivity contribution in [2.45, 2.75) is 13.0 Å². The number of hydrogen-bond acceptors (Lipinski definition) is 6. The molecule has 4 aromatic rings. The fraction of sp³-hybridized carbons (Fsp3) is 0.100. The number of hydrogen-bond donors (Lipinski definition) is 1. The Kier molecular flexibility index (Phi) is 5.22. The number of halogens is 1. The summed E-state index contributed by atoms with van der Waals surface area (Å²) in [6.45, 7) is 0.0126. The predicted molar refractivity (Wildman–Crippen MR) is 109 cm³/mol. The van der Waals surface area contributed by atoms with Crippen LogP contribution >= 0.6 is 0 Å². The second kappa shape index (κ2) is 8.14. The molecule has 0 spiro atoms. The Balaban J connectivity index is 1.57. The summed E-state index contributed by atoms with van der Waals surface area (Å²) in [5, 5.41) is 18.0. The van der Waals surface area contributed by atoms with E-state index in [-0.39, 0.29) is 41.1 Å². The first-order chi connectivity index (χ1) is 15.0. The van der Waals surface area contributed by atoms with E-state index in [1.807, 2.05) is 0 Å². The molecule has 0 radical (unpaired) electrons. The second-order valence-electron chi connectivity index (χ2n) is 6.56. The SMILES string of the molecule is O=C(CCn1cnc2c(cnn2-c2ccccc2[N+](=O)[O-])c1=O)Nc1ccccc1F. The minimum absolute atomic E-state index is 0.0126. The molecule has 0 unspecified atom stereocenters. The van der Waals surface area contributed by atoms with E-state index >= 15 is 0 Å². The van der Waals surface area contributed by atoms with Gasteiger partial charge in [0.05, 0.1) is 23.1 Å². The van der Waals surface area contributed by atoms with Gasteiger partial charge in [-0.15, -0.1) is 0 Å². The van der Waals surface area contributed by atoms with Gasteiger partial charge in [-0.3, -0.25) is 24.3 Å². The Hall–Kier alpha value is -4.41. The molecule has 2 aromatic heterocycles. The van der Waals surface area contributed by atoms with Crippen LogP contribution < -0.4 is 10.9 Å². The van der Waals surface area contributed by atoms with Gasteiger partial charge in [-0.1, -0.05) is 24.3 Å². The van der Waals surface area contributed by atoms with E-state index in [1.165, 1.54) is 58.2 Å². The van der Waals surface area contributed by atoms with Crippen molar-refractivity contribution >= 4 is 28.3 Å². The molecular formula is C20H15FN6O4. The quantitative estimate of drug-likeness (QED) is 0.376. The molecule has 0 aliphatic rings. The number of para-hydroxylation sites is 3. The van der Waals surface area contributed by atoms with Crippen molar-refractivity contribution in [3.05, 3.63) is 87.3 Å². The highest BCUT2D eigenvalue weighted by atomic mass is 19.1. The van der Waals surface area contributed by atoms with E-state index in [9.17, 15) is 24.1 Å². The molecule has 0 aliphatic carbocycles. The van der Waals surface area contributed by atoms with E-state index < -0.39 is 22.2 Å². The number of anilines is 1. The molecule has 11 heteroatoms. The number of rotatable bonds is 6. The van der Waals surface area contributed by atoms with Crippen molar-refractivity contribution in [2.24, 2.45) is 0 Å². The number of nitro benzene ring substituents is 1. The lowest BCUT2D eigenvalue weighted by Crippen LogP contribution is -2.23. The zero-order chi connectivity index (χ0) is 22.0. The van der Waals surface area contributed by atoms with Crippen LogP contribution in [-0.4, -0.2) is 30.2 Å². The lowest BCUT2D eigenvalue weighted by Gasteiger charge is -2.08. The van der Waals surface area contributed by atoms with Crippen LogP contribution in [0.4, 0.5) is 15.8 Å². The summed E-state index contributed by atoms with van der Waals surface area (Å²) in [7, 11) is 0. The fourth-order valence-electron chi connectivity index (χ4n) is 3.08. The van der Waals surface area contributed by atoms with Crippen LogP contribution in [0.3, 0.4) is 0 Å². The van der Waals surface area contributed by atoms with Crippen molar-refractivity contribution in [1.82, 2.24) is 19.3 Å². The van der Waals surface area contributed by atoms with E-state index in [0.717, 1.165) is 0 Å². The molecule has 0 fully saturated rings. The molecule has 156 valence electrons. The highest BCUT2D eigenvalue weighted by Gasteiger charge is 2.19. The third-order valence-electron chi connectivity index (χ3n) is 4.59. The van der Waals surface area contributed by atoms with Crippen molar-refractivity contribution in [1.29, 1.82) is 0 Å². The highest BCUT2D eigenvalue weighted by molar-refractivity contribution is 5.90. The van der Waals surface area contributed by atoms with Gasteiger partial charge in [0, 0.05) is 19.0 Å². The van der Waals surface area contributed by atoms with Crippen LogP contribution in [0.1, 0.15) is 6.42 Å². The molecule has 2 aromatic carbocycles. The summed E-state index contributed by atoms with van der Waals surface area (Å²) >= 11 is 0. The molecule has 31 heavy (non-hydrogen) atoms.